The van der Waals surface area contributed by atoms with Crippen molar-refractivity contribution in [2.75, 3.05) is 33.0 Å². The van der Waals surface area contributed by atoms with Crippen LogP contribution in [0, 0.1) is 5.92 Å². The van der Waals surface area contributed by atoms with Crippen molar-refractivity contribution in [2.24, 2.45) is 5.92 Å². The molecule has 21 saturated heterocycles. The Labute approximate surface area is 533 Å². The summed E-state index contributed by atoms with van der Waals surface area (Å²) in [6.07, 6.45) is -66.3. The molecule has 41 heteroatoms. The van der Waals surface area contributed by atoms with Crippen molar-refractivity contribution in [3.05, 3.63) is 23.8 Å². The second kappa shape index (κ2) is 31.2. The van der Waals surface area contributed by atoms with E-state index in [0.717, 1.165) is 0 Å². The zero-order valence-corrected chi connectivity index (χ0v) is 50.9. The van der Waals surface area contributed by atoms with Crippen LogP contribution in [0.4, 0.5) is 0 Å². The lowest BCUT2D eigenvalue weighted by Crippen LogP contribution is -2.68. The quantitative estimate of drug-likeness (QED) is 0.0781. The largest absolute Gasteiger partial charge is 0.394 e. The molecular weight excluding hydrogens is 1280 g/mol. The van der Waals surface area contributed by atoms with Crippen LogP contribution >= 0.6 is 0 Å². The normalized spacial score (nSPS) is 47.8. The Bertz CT molecular complexity index is 2640. The third-order valence-electron chi connectivity index (χ3n) is 17.6. The van der Waals surface area contributed by atoms with Gasteiger partial charge >= 0.3 is 0 Å². The fourth-order valence-electron chi connectivity index (χ4n) is 12.3. The van der Waals surface area contributed by atoms with Crippen molar-refractivity contribution in [2.45, 2.75) is 268 Å². The average molecular weight is 1370 g/mol. The van der Waals surface area contributed by atoms with Gasteiger partial charge in [0.25, 0.3) is 0 Å². The van der Waals surface area contributed by atoms with Crippen molar-refractivity contribution in [1.82, 2.24) is 30.4 Å². The molecule has 21 fully saturated rings. The van der Waals surface area contributed by atoms with Gasteiger partial charge in [0.05, 0.1) is 71.3 Å². The molecule has 2 aromatic heterocycles. The van der Waals surface area contributed by atoms with Gasteiger partial charge in [-0.25, -0.2) is 4.68 Å². The van der Waals surface area contributed by atoms with Crippen molar-refractivity contribution in [3.8, 4) is 0 Å². The first kappa shape index (κ1) is 73.6. The van der Waals surface area contributed by atoms with Gasteiger partial charge in [-0.1, -0.05) is 19.1 Å². The second-order valence-electron chi connectivity index (χ2n) is 24.8. The summed E-state index contributed by atoms with van der Waals surface area (Å²) in [7, 11) is 0. The number of H-pyrrole nitrogens is 1. The van der Waals surface area contributed by atoms with Crippen molar-refractivity contribution in [1.29, 1.82) is 0 Å². The van der Waals surface area contributed by atoms with E-state index in [9.17, 15) is 97.0 Å². The number of ether oxygens (including phenoxy) is 16. The lowest BCUT2D eigenvalue weighted by Gasteiger charge is -2.50. The van der Waals surface area contributed by atoms with Crippen LogP contribution < -0.4 is 0 Å². The maximum absolute atomic E-state index is 12.0. The predicted octanol–water partition coefficient (Wildman–Crippen LogP) is -12.7. The monoisotopic (exact) mass is 1370 g/mol. The summed E-state index contributed by atoms with van der Waals surface area (Å²) in [6.45, 7) is 0.524. The molecule has 0 amide bonds. The molecule has 0 aliphatic carbocycles. The molecule has 14 bridgehead atoms. The number of aromatic amines is 1. The van der Waals surface area contributed by atoms with E-state index in [0.29, 0.717) is 5.69 Å². The number of nitrogens with zero attached hydrogens (tertiary/aromatic N) is 5. The van der Waals surface area contributed by atoms with Crippen LogP contribution in [0.15, 0.2) is 12.4 Å². The first-order chi connectivity index (χ1) is 44.7. The fraction of sp³-hybridized carbons (Fsp3) is 0.925. The zero-order chi connectivity index (χ0) is 67.9. The molecule has 0 aromatic carbocycles. The molecule has 23 heterocycles. The number of hydrogen-bond donors (Lipinski definition) is 20. The highest BCUT2D eigenvalue weighted by atomic mass is 16.8. The first-order valence-corrected chi connectivity index (χ1v) is 30.5. The Kier molecular flexibility index (Phi) is 24.4. The Morgan fingerprint density at radius 3 is 1.00 bits per heavy atom. The molecule has 94 heavy (non-hydrogen) atoms. The van der Waals surface area contributed by atoms with Crippen LogP contribution in [0.5, 0.6) is 0 Å². The summed E-state index contributed by atoms with van der Waals surface area (Å²) < 4.78 is 95.8. The third-order valence-corrected chi connectivity index (χ3v) is 17.6. The van der Waals surface area contributed by atoms with E-state index in [4.69, 9.17) is 75.8 Å². The van der Waals surface area contributed by atoms with E-state index in [1.807, 2.05) is 0 Å². The Hall–Kier alpha value is -3.12. The lowest BCUT2D eigenvalue weighted by molar-refractivity contribution is -0.397. The molecule has 41 nitrogen and oxygen atoms in total. The number of hydrogen-bond acceptors (Lipinski definition) is 39. The number of aromatic nitrogens is 6. The third kappa shape index (κ3) is 15.4. The van der Waals surface area contributed by atoms with Crippen LogP contribution in [0.2, 0.25) is 0 Å². The fourth-order valence-corrected chi connectivity index (χ4v) is 12.3. The molecule has 0 spiro atoms. The maximum atomic E-state index is 12.0. The van der Waals surface area contributed by atoms with Crippen LogP contribution in [-0.4, -0.2) is 381 Å². The number of rotatable bonds is 14. The van der Waals surface area contributed by atoms with E-state index in [2.05, 4.69) is 25.7 Å². The Balaban J connectivity index is 0.941. The SMILES string of the molecule is CC(C)C1OC2OC3C(CO)OC(OC4C(CO)OC(OC5C(Cn6cc(COC(C)(C)OCc7cn[nH]n7)nn6)OC(OC6C(CO)OC(OC7C(CO)OC(OC8C(CO)OC(OC1C(O)C2O)C(O)C8O)C(O)C7O)C(O)C6O)C(O)C5O)C(O)C4O)C(O)C3O. The van der Waals surface area contributed by atoms with Crippen molar-refractivity contribution in [3.63, 3.8) is 0 Å². The molecule has 21 aliphatic rings. The molecule has 2 aromatic rings. The number of aliphatic hydroxyl groups is 19. The van der Waals surface area contributed by atoms with E-state index >= 15 is 0 Å². The summed E-state index contributed by atoms with van der Waals surface area (Å²) in [6, 6.07) is 0. The summed E-state index contributed by atoms with van der Waals surface area (Å²) in [5, 5.41) is 234. The molecule has 35 atom stereocenters. The highest BCUT2D eigenvalue weighted by Gasteiger charge is 2.60. The highest BCUT2D eigenvalue weighted by Crippen LogP contribution is 2.40. The minimum Gasteiger partial charge on any atom is -0.394 e. The zero-order valence-electron chi connectivity index (χ0n) is 50.9. The summed E-state index contributed by atoms with van der Waals surface area (Å²) in [5.74, 6) is -1.89. The van der Waals surface area contributed by atoms with Crippen LogP contribution in [0.25, 0.3) is 0 Å². The molecule has 538 valence electrons. The molecule has 0 radical (unpaired) electrons. The van der Waals surface area contributed by atoms with Gasteiger partial charge in [0.2, 0.25) is 0 Å². The van der Waals surface area contributed by atoms with E-state index in [1.54, 1.807) is 27.7 Å². The Morgan fingerprint density at radius 2 is 0.691 bits per heavy atom. The molecule has 35 unspecified atom stereocenters. The van der Waals surface area contributed by atoms with Crippen LogP contribution in [-0.2, 0) is 95.5 Å². The molecule has 0 saturated carbocycles. The molecule has 20 N–H and O–H groups in total. The summed E-state index contributed by atoms with van der Waals surface area (Å²) >= 11 is 0. The van der Waals surface area contributed by atoms with Gasteiger partial charge in [-0.05, 0) is 19.8 Å². The van der Waals surface area contributed by atoms with E-state index < -0.39 is 266 Å². The number of aliphatic hydroxyl groups excluding tert-OH is 19. The minimum absolute atomic E-state index is 0.0187. The summed E-state index contributed by atoms with van der Waals surface area (Å²) in [4.78, 5) is 0. The van der Waals surface area contributed by atoms with Gasteiger partial charge < -0.3 is 173 Å². The standard InChI is InChI=1S/C53H86N6O35/c1-15(2)38-45-30(71)37(78)52(87-38)93-44-23(12-64)85-50(35(76)28(44)69)90-41-20(9-61)82-47(32(73)25(41)66)88-39-18(7-59-6-17(56-58-59)14-80-53(3,4)79-13-16-5-54-57-55-16)81-46(31(72)24(39)65)89-40-19(8-60)83-48(33(74)26(40)67)91-42-21(10-62)84-49(34(75)27(42)68)92-43-22(11-63)86-51(94-45)36(77)29(43)70/h5-6,15,18-52,60-78H,7-14H2,1-4H3,(H,54,55,57). The van der Waals surface area contributed by atoms with Gasteiger partial charge in [-0.2, -0.15) is 15.4 Å². The smallest absolute Gasteiger partial charge is 0.187 e. The highest BCUT2D eigenvalue weighted by molar-refractivity contribution is 5.03. The Morgan fingerprint density at radius 1 is 0.404 bits per heavy atom. The van der Waals surface area contributed by atoms with E-state index in [-0.39, 0.29) is 18.9 Å². The lowest BCUT2D eigenvalue weighted by atomic mass is 9.91. The maximum Gasteiger partial charge on any atom is 0.187 e. The number of nitrogens with one attached hydrogen (secondary N) is 1. The molecule has 21 aliphatic heterocycles. The molecule has 23 rings (SSSR count). The topological polar surface area (TPSA) is 604 Å². The van der Waals surface area contributed by atoms with Crippen molar-refractivity contribution < 1.29 is 173 Å². The van der Waals surface area contributed by atoms with Gasteiger partial charge in [0.1, 0.15) is 176 Å². The first-order valence-electron chi connectivity index (χ1n) is 30.5. The summed E-state index contributed by atoms with van der Waals surface area (Å²) in [5.41, 5.74) is 0.682. The van der Waals surface area contributed by atoms with Gasteiger partial charge in [-0.15, -0.1) is 5.10 Å². The van der Waals surface area contributed by atoms with Gasteiger partial charge in [0.15, 0.2) is 49.8 Å². The van der Waals surface area contributed by atoms with Crippen LogP contribution in [0.1, 0.15) is 39.1 Å². The van der Waals surface area contributed by atoms with Gasteiger partial charge in [0, 0.05) is 0 Å². The van der Waals surface area contributed by atoms with E-state index in [1.165, 1.54) is 17.1 Å². The molecular formula is C53H86N6O35. The van der Waals surface area contributed by atoms with Crippen LogP contribution in [0.3, 0.4) is 0 Å². The minimum atomic E-state index is -2.24. The van der Waals surface area contributed by atoms with Gasteiger partial charge in [-0.3, -0.25) is 0 Å². The van der Waals surface area contributed by atoms with Crippen molar-refractivity contribution >= 4 is 0 Å². The predicted molar refractivity (Wildman–Crippen MR) is 289 cm³/mol. The average Bonchev–Trinajstić information content (AvgIpc) is 0.904. The second-order valence-corrected chi connectivity index (χ2v) is 24.8.